The summed E-state index contributed by atoms with van der Waals surface area (Å²) < 4.78 is 24.6. The zero-order valence-electron chi connectivity index (χ0n) is 15.5. The van der Waals surface area contributed by atoms with Gasteiger partial charge < -0.3 is 9.15 Å². The lowest BCUT2D eigenvalue weighted by Crippen LogP contribution is -2.32. The Bertz CT molecular complexity index is 1040. The molecule has 1 aliphatic rings. The largest absolute Gasteiger partial charge is 0.477 e. The Morgan fingerprint density at radius 3 is 2.70 bits per heavy atom. The van der Waals surface area contributed by atoms with Crippen LogP contribution in [0.25, 0.3) is 11.0 Å². The van der Waals surface area contributed by atoms with Crippen LogP contribution in [0.5, 0.6) is 5.75 Å². The molecule has 0 amide bonds. The molecule has 0 saturated carbocycles. The molecule has 0 spiro atoms. The Kier molecular flexibility index (Phi) is 4.70. The SMILES string of the molecule is CCCc1cc(=O)oc2c(C)c3c(cc12)CN(Cc1ccc(F)cc1)CO3. The molecule has 1 aliphatic heterocycles. The average Bonchev–Trinajstić information content (AvgIpc) is 2.65. The minimum atomic E-state index is -0.317. The number of benzene rings is 2. The fourth-order valence-corrected chi connectivity index (χ4v) is 3.76. The highest BCUT2D eigenvalue weighted by molar-refractivity contribution is 5.86. The van der Waals surface area contributed by atoms with Crippen molar-refractivity contribution in [2.45, 2.75) is 39.8 Å². The lowest BCUT2D eigenvalue weighted by molar-refractivity contribution is 0.0881. The van der Waals surface area contributed by atoms with Crippen LogP contribution >= 0.6 is 0 Å². The van der Waals surface area contributed by atoms with Gasteiger partial charge in [0.1, 0.15) is 23.9 Å². The van der Waals surface area contributed by atoms with Crippen LogP contribution in [-0.2, 0) is 19.5 Å². The maximum absolute atomic E-state index is 13.1. The summed E-state index contributed by atoms with van der Waals surface area (Å²) in [4.78, 5) is 14.1. The average molecular weight is 367 g/mol. The van der Waals surface area contributed by atoms with Crippen molar-refractivity contribution < 1.29 is 13.5 Å². The first-order valence-corrected chi connectivity index (χ1v) is 9.24. The summed E-state index contributed by atoms with van der Waals surface area (Å²) in [5, 5.41) is 0.986. The van der Waals surface area contributed by atoms with E-state index in [0.29, 0.717) is 18.9 Å². The second-order valence-electron chi connectivity index (χ2n) is 7.09. The summed E-state index contributed by atoms with van der Waals surface area (Å²) >= 11 is 0. The van der Waals surface area contributed by atoms with Crippen molar-refractivity contribution in [3.63, 3.8) is 0 Å². The van der Waals surface area contributed by atoms with Crippen LogP contribution in [0.2, 0.25) is 0 Å². The van der Waals surface area contributed by atoms with E-state index >= 15 is 0 Å². The molecule has 0 radical (unpaired) electrons. The quantitative estimate of drug-likeness (QED) is 0.635. The normalized spacial score (nSPS) is 14.2. The maximum atomic E-state index is 13.1. The van der Waals surface area contributed by atoms with Gasteiger partial charge in [0.2, 0.25) is 0 Å². The number of hydrogen-bond donors (Lipinski definition) is 0. The van der Waals surface area contributed by atoms with Crippen molar-refractivity contribution >= 4 is 11.0 Å². The molecule has 140 valence electrons. The van der Waals surface area contributed by atoms with Crippen LogP contribution in [0.15, 0.2) is 45.6 Å². The number of ether oxygens (including phenoxy) is 1. The Morgan fingerprint density at radius 2 is 1.96 bits per heavy atom. The highest BCUT2D eigenvalue weighted by Gasteiger charge is 2.23. The summed E-state index contributed by atoms with van der Waals surface area (Å²) in [6.07, 6.45) is 1.79. The summed E-state index contributed by atoms with van der Waals surface area (Å²) in [6.45, 7) is 5.89. The number of rotatable bonds is 4. The number of aryl methyl sites for hydroxylation is 2. The molecule has 2 aromatic carbocycles. The predicted octanol–water partition coefficient (Wildman–Crippen LogP) is 4.55. The Balaban J connectivity index is 1.70. The topological polar surface area (TPSA) is 42.7 Å². The van der Waals surface area contributed by atoms with E-state index in [9.17, 15) is 9.18 Å². The van der Waals surface area contributed by atoms with Crippen LogP contribution in [-0.4, -0.2) is 11.6 Å². The van der Waals surface area contributed by atoms with E-state index in [1.54, 1.807) is 18.2 Å². The third-order valence-electron chi connectivity index (χ3n) is 5.00. The van der Waals surface area contributed by atoms with E-state index < -0.39 is 0 Å². The van der Waals surface area contributed by atoms with Gasteiger partial charge in [0.25, 0.3) is 0 Å². The minimum Gasteiger partial charge on any atom is -0.477 e. The fraction of sp³-hybridized carbons (Fsp3) is 0.318. The monoisotopic (exact) mass is 367 g/mol. The van der Waals surface area contributed by atoms with Crippen LogP contribution in [0, 0.1) is 12.7 Å². The molecule has 27 heavy (non-hydrogen) atoms. The van der Waals surface area contributed by atoms with Gasteiger partial charge in [0, 0.05) is 35.7 Å². The van der Waals surface area contributed by atoms with Crippen LogP contribution < -0.4 is 10.4 Å². The van der Waals surface area contributed by atoms with Gasteiger partial charge in [-0.3, -0.25) is 4.90 Å². The Labute approximate surface area is 157 Å². The van der Waals surface area contributed by atoms with E-state index in [2.05, 4.69) is 17.9 Å². The number of fused-ring (bicyclic) bond motifs is 2. The van der Waals surface area contributed by atoms with E-state index in [4.69, 9.17) is 9.15 Å². The fourth-order valence-electron chi connectivity index (χ4n) is 3.76. The smallest absolute Gasteiger partial charge is 0.336 e. The molecular formula is C22H22FNO3. The van der Waals surface area contributed by atoms with Crippen LogP contribution in [0.1, 0.15) is 35.6 Å². The van der Waals surface area contributed by atoms with Gasteiger partial charge in [-0.25, -0.2) is 9.18 Å². The van der Waals surface area contributed by atoms with Gasteiger partial charge in [-0.2, -0.15) is 0 Å². The highest BCUT2D eigenvalue weighted by Crippen LogP contribution is 2.36. The molecule has 0 atom stereocenters. The van der Waals surface area contributed by atoms with Gasteiger partial charge in [0.15, 0.2) is 0 Å². The molecule has 1 aromatic heterocycles. The number of halogens is 1. The highest BCUT2D eigenvalue weighted by atomic mass is 19.1. The van der Waals surface area contributed by atoms with Crippen molar-refractivity contribution in [3.05, 3.63) is 74.9 Å². The van der Waals surface area contributed by atoms with Crippen molar-refractivity contribution in [1.29, 1.82) is 0 Å². The van der Waals surface area contributed by atoms with Gasteiger partial charge >= 0.3 is 5.63 Å². The molecule has 4 rings (SSSR count). The molecule has 0 bridgehead atoms. The first kappa shape index (κ1) is 17.7. The number of nitrogens with zero attached hydrogens (tertiary/aromatic N) is 1. The second kappa shape index (κ2) is 7.16. The zero-order valence-corrected chi connectivity index (χ0v) is 15.5. The van der Waals surface area contributed by atoms with E-state index in [-0.39, 0.29) is 11.4 Å². The Morgan fingerprint density at radius 1 is 1.19 bits per heavy atom. The molecule has 0 saturated heterocycles. The lowest BCUT2D eigenvalue weighted by atomic mass is 9.98. The number of hydrogen-bond acceptors (Lipinski definition) is 4. The predicted molar refractivity (Wildman–Crippen MR) is 102 cm³/mol. The van der Waals surface area contributed by atoms with Crippen molar-refractivity contribution in [3.8, 4) is 5.75 Å². The molecule has 0 unspecified atom stereocenters. The molecule has 0 fully saturated rings. The van der Waals surface area contributed by atoms with Gasteiger partial charge in [-0.1, -0.05) is 25.5 Å². The van der Waals surface area contributed by atoms with Crippen molar-refractivity contribution in [2.24, 2.45) is 0 Å². The van der Waals surface area contributed by atoms with Crippen molar-refractivity contribution in [2.75, 3.05) is 6.73 Å². The van der Waals surface area contributed by atoms with Crippen LogP contribution in [0.4, 0.5) is 4.39 Å². The molecule has 5 heteroatoms. The van der Waals surface area contributed by atoms with Gasteiger partial charge in [0.05, 0.1) is 0 Å². The van der Waals surface area contributed by atoms with Gasteiger partial charge in [-0.15, -0.1) is 0 Å². The Hall–Kier alpha value is -2.66. The zero-order chi connectivity index (χ0) is 19.0. The van der Waals surface area contributed by atoms with Crippen LogP contribution in [0.3, 0.4) is 0 Å². The molecule has 0 aliphatic carbocycles. The van der Waals surface area contributed by atoms with E-state index in [1.165, 1.54) is 12.1 Å². The first-order valence-electron chi connectivity index (χ1n) is 9.24. The molecule has 4 nitrogen and oxygen atoms in total. The molecule has 2 heterocycles. The van der Waals surface area contributed by atoms with E-state index in [0.717, 1.165) is 52.8 Å². The third kappa shape index (κ3) is 3.47. The second-order valence-corrected chi connectivity index (χ2v) is 7.09. The molecule has 3 aromatic rings. The minimum absolute atomic E-state index is 0.231. The summed E-state index contributed by atoms with van der Waals surface area (Å²) in [5.41, 5.74) is 4.32. The first-order chi connectivity index (χ1) is 13.0. The maximum Gasteiger partial charge on any atom is 0.336 e. The van der Waals surface area contributed by atoms with Crippen molar-refractivity contribution in [1.82, 2.24) is 4.90 Å². The molecule has 0 N–H and O–H groups in total. The summed E-state index contributed by atoms with van der Waals surface area (Å²) in [5.74, 6) is 0.570. The lowest BCUT2D eigenvalue weighted by Gasteiger charge is -2.30. The summed E-state index contributed by atoms with van der Waals surface area (Å²) in [6, 6.07) is 10.2. The third-order valence-corrected chi connectivity index (χ3v) is 5.00. The molecular weight excluding hydrogens is 345 g/mol. The standard InChI is InChI=1S/C22H22FNO3/c1-3-4-16-10-20(25)27-22-14(2)21-17(9-19(16)22)12-24(13-26-21)11-15-5-7-18(23)8-6-15/h5-10H,3-4,11-13H2,1-2H3. The summed E-state index contributed by atoms with van der Waals surface area (Å²) in [7, 11) is 0. The van der Waals surface area contributed by atoms with E-state index in [1.807, 2.05) is 6.92 Å². The van der Waals surface area contributed by atoms with Gasteiger partial charge in [-0.05, 0) is 42.7 Å².